The molecule has 158 valence electrons. The maximum Gasteiger partial charge on any atom is 0.261 e. The molecule has 2 aromatic rings. The molecule has 1 N–H and O–H groups in total. The van der Waals surface area contributed by atoms with E-state index in [0.29, 0.717) is 18.0 Å². The Morgan fingerprint density at radius 2 is 1.76 bits per heavy atom. The summed E-state index contributed by atoms with van der Waals surface area (Å²) in [5.41, 5.74) is 1.53. The SMILES string of the molecule is CC(C)c1ccc(S(=O)(=O)Nc2ccc(N3CCN(CCCF)CC3)nc2)cc1. The number of sulfonamides is 1. The summed E-state index contributed by atoms with van der Waals surface area (Å²) in [7, 11) is -3.65. The number of hydrogen-bond donors (Lipinski definition) is 1. The molecule has 29 heavy (non-hydrogen) atoms. The van der Waals surface area contributed by atoms with E-state index < -0.39 is 10.0 Å². The highest BCUT2D eigenvalue weighted by Crippen LogP contribution is 2.21. The van der Waals surface area contributed by atoms with Crippen LogP contribution in [0.15, 0.2) is 47.5 Å². The van der Waals surface area contributed by atoms with E-state index in [-0.39, 0.29) is 11.6 Å². The Labute approximate surface area is 172 Å². The van der Waals surface area contributed by atoms with Crippen LogP contribution in [0.2, 0.25) is 0 Å². The second-order valence-electron chi connectivity index (χ2n) is 7.61. The van der Waals surface area contributed by atoms with Crippen molar-refractivity contribution in [3.63, 3.8) is 0 Å². The largest absolute Gasteiger partial charge is 0.354 e. The first kappa shape index (κ1) is 21.5. The monoisotopic (exact) mass is 420 g/mol. The highest BCUT2D eigenvalue weighted by atomic mass is 32.2. The van der Waals surface area contributed by atoms with Crippen LogP contribution in [0.1, 0.15) is 31.7 Å². The van der Waals surface area contributed by atoms with Crippen molar-refractivity contribution in [2.75, 3.05) is 49.0 Å². The van der Waals surface area contributed by atoms with Gasteiger partial charge in [0, 0.05) is 32.7 Å². The van der Waals surface area contributed by atoms with Crippen LogP contribution in [0.25, 0.3) is 0 Å². The Morgan fingerprint density at radius 3 is 2.31 bits per heavy atom. The number of nitrogens with zero attached hydrogens (tertiary/aromatic N) is 3. The van der Waals surface area contributed by atoms with Crippen molar-refractivity contribution >= 4 is 21.5 Å². The number of piperazine rings is 1. The molecule has 1 aliphatic rings. The van der Waals surface area contributed by atoms with Crippen LogP contribution in [0.3, 0.4) is 0 Å². The third kappa shape index (κ3) is 5.67. The summed E-state index contributed by atoms with van der Waals surface area (Å²) in [5.74, 6) is 1.17. The quantitative estimate of drug-likeness (QED) is 0.708. The number of rotatable bonds is 8. The van der Waals surface area contributed by atoms with Gasteiger partial charge in [0.05, 0.1) is 23.5 Å². The topological polar surface area (TPSA) is 65.5 Å². The minimum Gasteiger partial charge on any atom is -0.354 e. The van der Waals surface area contributed by atoms with Crippen molar-refractivity contribution < 1.29 is 12.8 Å². The number of nitrogens with one attached hydrogen (secondary N) is 1. The van der Waals surface area contributed by atoms with Gasteiger partial charge in [0.15, 0.2) is 0 Å². The number of benzene rings is 1. The van der Waals surface area contributed by atoms with E-state index in [0.717, 1.165) is 44.1 Å². The second-order valence-corrected chi connectivity index (χ2v) is 9.29. The fraction of sp³-hybridized carbons (Fsp3) is 0.476. The zero-order chi connectivity index (χ0) is 20.9. The maximum absolute atomic E-state index is 12.6. The molecule has 1 aliphatic heterocycles. The second kappa shape index (κ2) is 9.54. The van der Waals surface area contributed by atoms with Gasteiger partial charge in [-0.15, -0.1) is 0 Å². The Balaban J connectivity index is 1.60. The van der Waals surface area contributed by atoms with E-state index in [1.165, 1.54) is 0 Å². The van der Waals surface area contributed by atoms with Crippen LogP contribution in [0, 0.1) is 0 Å². The number of anilines is 2. The Hall–Kier alpha value is -2.19. The fourth-order valence-corrected chi connectivity index (χ4v) is 4.41. The molecule has 0 spiro atoms. The lowest BCUT2D eigenvalue weighted by Gasteiger charge is -2.35. The van der Waals surface area contributed by atoms with Gasteiger partial charge in [-0.2, -0.15) is 0 Å². The zero-order valence-corrected chi connectivity index (χ0v) is 17.8. The molecular weight excluding hydrogens is 391 g/mol. The molecule has 8 heteroatoms. The van der Waals surface area contributed by atoms with Crippen molar-refractivity contribution in [1.82, 2.24) is 9.88 Å². The van der Waals surface area contributed by atoms with Gasteiger partial charge in [-0.1, -0.05) is 26.0 Å². The molecule has 1 saturated heterocycles. The first-order chi connectivity index (χ1) is 13.9. The molecular formula is C21H29FN4O2S. The van der Waals surface area contributed by atoms with Gasteiger partial charge in [-0.3, -0.25) is 14.0 Å². The van der Waals surface area contributed by atoms with Gasteiger partial charge in [-0.05, 0) is 42.2 Å². The molecule has 0 atom stereocenters. The predicted octanol–water partition coefficient (Wildman–Crippen LogP) is 3.49. The van der Waals surface area contributed by atoms with Crippen molar-refractivity contribution in [3.8, 4) is 0 Å². The minimum atomic E-state index is -3.65. The van der Waals surface area contributed by atoms with Gasteiger partial charge in [0.1, 0.15) is 5.82 Å². The Bertz CT molecular complexity index is 878. The average molecular weight is 421 g/mol. The van der Waals surface area contributed by atoms with Crippen LogP contribution in [0.5, 0.6) is 0 Å². The smallest absolute Gasteiger partial charge is 0.261 e. The molecule has 2 heterocycles. The van der Waals surface area contributed by atoms with E-state index in [1.807, 2.05) is 18.2 Å². The predicted molar refractivity (Wildman–Crippen MR) is 115 cm³/mol. The summed E-state index contributed by atoms with van der Waals surface area (Å²) in [6.07, 6.45) is 2.12. The molecule has 0 unspecified atom stereocenters. The standard InChI is InChI=1S/C21H29FN4O2S/c1-17(2)18-4-7-20(8-5-18)29(27,28)24-19-6-9-21(23-16-19)26-14-12-25(13-15-26)11-3-10-22/h4-9,16-17,24H,3,10-15H2,1-2H3. The lowest BCUT2D eigenvalue weighted by molar-refractivity contribution is 0.244. The number of pyridine rings is 1. The summed E-state index contributed by atoms with van der Waals surface area (Å²) >= 11 is 0. The molecule has 1 aromatic carbocycles. The van der Waals surface area contributed by atoms with Gasteiger partial charge in [0.2, 0.25) is 0 Å². The molecule has 0 amide bonds. The first-order valence-electron chi connectivity index (χ1n) is 10.0. The lowest BCUT2D eigenvalue weighted by Crippen LogP contribution is -2.47. The summed E-state index contributed by atoms with van der Waals surface area (Å²) in [6, 6.07) is 10.5. The fourth-order valence-electron chi connectivity index (χ4n) is 3.36. The average Bonchev–Trinajstić information content (AvgIpc) is 2.73. The highest BCUT2D eigenvalue weighted by Gasteiger charge is 2.18. The third-order valence-electron chi connectivity index (χ3n) is 5.16. The van der Waals surface area contributed by atoms with Crippen molar-refractivity contribution in [2.24, 2.45) is 0 Å². The molecule has 1 fully saturated rings. The summed E-state index contributed by atoms with van der Waals surface area (Å²) in [5, 5.41) is 0. The number of alkyl halides is 1. The van der Waals surface area contributed by atoms with Crippen molar-refractivity contribution in [3.05, 3.63) is 48.2 Å². The summed E-state index contributed by atoms with van der Waals surface area (Å²) < 4.78 is 40.1. The molecule has 3 rings (SSSR count). The molecule has 0 aliphatic carbocycles. The molecule has 1 aromatic heterocycles. The van der Waals surface area contributed by atoms with E-state index in [2.05, 4.69) is 33.4 Å². The van der Waals surface area contributed by atoms with Gasteiger partial charge in [0.25, 0.3) is 10.0 Å². The Kier molecular flexibility index (Phi) is 7.08. The minimum absolute atomic E-state index is 0.232. The summed E-state index contributed by atoms with van der Waals surface area (Å²) in [4.78, 5) is 9.07. The highest BCUT2D eigenvalue weighted by molar-refractivity contribution is 7.92. The number of halogens is 1. The number of aromatic nitrogens is 1. The van der Waals surface area contributed by atoms with Crippen LogP contribution >= 0.6 is 0 Å². The molecule has 0 bridgehead atoms. The summed E-state index contributed by atoms with van der Waals surface area (Å²) in [6.45, 7) is 8.06. The lowest BCUT2D eigenvalue weighted by atomic mass is 10.0. The first-order valence-corrected chi connectivity index (χ1v) is 11.5. The van der Waals surface area contributed by atoms with Crippen molar-refractivity contribution in [1.29, 1.82) is 0 Å². The van der Waals surface area contributed by atoms with Gasteiger partial charge >= 0.3 is 0 Å². The maximum atomic E-state index is 12.6. The normalized spacial score (nSPS) is 15.7. The third-order valence-corrected chi connectivity index (χ3v) is 6.56. The number of hydrogen-bond acceptors (Lipinski definition) is 5. The van der Waals surface area contributed by atoms with Crippen LogP contribution < -0.4 is 9.62 Å². The van der Waals surface area contributed by atoms with E-state index in [9.17, 15) is 12.8 Å². The van der Waals surface area contributed by atoms with Crippen LogP contribution in [-0.4, -0.2) is 57.7 Å². The van der Waals surface area contributed by atoms with Crippen LogP contribution in [0.4, 0.5) is 15.9 Å². The van der Waals surface area contributed by atoms with E-state index in [4.69, 9.17) is 0 Å². The zero-order valence-electron chi connectivity index (χ0n) is 17.0. The molecule has 0 saturated carbocycles. The van der Waals surface area contributed by atoms with E-state index >= 15 is 0 Å². The van der Waals surface area contributed by atoms with Gasteiger partial charge < -0.3 is 4.90 Å². The Morgan fingerprint density at radius 1 is 1.07 bits per heavy atom. The molecule has 0 radical (unpaired) electrons. The van der Waals surface area contributed by atoms with Gasteiger partial charge in [-0.25, -0.2) is 13.4 Å². The van der Waals surface area contributed by atoms with E-state index in [1.54, 1.807) is 24.4 Å². The van der Waals surface area contributed by atoms with Crippen molar-refractivity contribution in [2.45, 2.75) is 31.1 Å². The molecule has 6 nitrogen and oxygen atoms in total. The van der Waals surface area contributed by atoms with Crippen LogP contribution in [-0.2, 0) is 10.0 Å².